The number of hydrogen-bond acceptors (Lipinski definition) is 3. The first-order valence-electron chi connectivity index (χ1n) is 7.76. The Balaban J connectivity index is 1.85. The first kappa shape index (κ1) is 14.8. The number of fused-ring (bicyclic) bond motifs is 1. The van der Waals surface area contributed by atoms with Gasteiger partial charge in [0.1, 0.15) is 0 Å². The van der Waals surface area contributed by atoms with Gasteiger partial charge in [-0.3, -0.25) is 4.79 Å². The molecule has 0 saturated heterocycles. The monoisotopic (exact) mass is 298 g/mol. The van der Waals surface area contributed by atoms with Gasteiger partial charge in [-0.25, -0.2) is 4.68 Å². The molecule has 0 radical (unpaired) electrons. The number of para-hydroxylation sites is 1. The highest BCUT2D eigenvalue weighted by Crippen LogP contribution is 2.27. The van der Waals surface area contributed by atoms with Gasteiger partial charge in [0.05, 0.1) is 5.69 Å². The molecule has 116 valence electrons. The molecule has 0 unspecified atom stereocenters. The molecule has 1 N–H and O–H groups in total. The van der Waals surface area contributed by atoms with E-state index >= 15 is 0 Å². The lowest BCUT2D eigenvalue weighted by atomic mass is 10.2. The molecule has 2 aromatic rings. The molecule has 22 heavy (non-hydrogen) atoms. The molecule has 1 heterocycles. The third kappa shape index (κ3) is 2.90. The van der Waals surface area contributed by atoms with Gasteiger partial charge in [-0.05, 0) is 45.5 Å². The van der Waals surface area contributed by atoms with Crippen LogP contribution in [-0.4, -0.2) is 47.8 Å². The summed E-state index contributed by atoms with van der Waals surface area (Å²) in [4.78, 5) is 14.5. The van der Waals surface area contributed by atoms with Gasteiger partial charge in [0.15, 0.2) is 5.69 Å². The number of nitrogens with zero attached hydrogens (tertiary/aromatic N) is 3. The van der Waals surface area contributed by atoms with Gasteiger partial charge >= 0.3 is 0 Å². The fourth-order valence-corrected chi connectivity index (χ4v) is 2.88. The van der Waals surface area contributed by atoms with Gasteiger partial charge in [-0.2, -0.15) is 5.10 Å². The normalized spacial score (nSPS) is 13.4. The molecule has 0 aliphatic heterocycles. The summed E-state index contributed by atoms with van der Waals surface area (Å²) >= 11 is 0. The van der Waals surface area contributed by atoms with Crippen molar-refractivity contribution in [2.45, 2.75) is 19.3 Å². The Morgan fingerprint density at radius 3 is 2.77 bits per heavy atom. The zero-order valence-electron chi connectivity index (χ0n) is 13.2. The molecule has 0 fully saturated rings. The molecule has 5 nitrogen and oxygen atoms in total. The van der Waals surface area contributed by atoms with E-state index in [0.717, 1.165) is 37.1 Å². The van der Waals surface area contributed by atoms with E-state index in [0.29, 0.717) is 12.2 Å². The predicted molar refractivity (Wildman–Crippen MR) is 86.5 cm³/mol. The lowest BCUT2D eigenvalue weighted by molar-refractivity contribution is 0.0944. The Hall–Kier alpha value is -2.14. The molecule has 0 saturated carbocycles. The Morgan fingerprint density at radius 1 is 1.27 bits per heavy atom. The van der Waals surface area contributed by atoms with Gasteiger partial charge in [0, 0.05) is 24.3 Å². The molecular weight excluding hydrogens is 276 g/mol. The first-order valence-corrected chi connectivity index (χ1v) is 7.76. The molecule has 0 atom stereocenters. The molecular formula is C17H22N4O. The number of benzene rings is 1. The van der Waals surface area contributed by atoms with E-state index < -0.39 is 0 Å². The Bertz CT molecular complexity index is 661. The number of hydrogen-bond donors (Lipinski definition) is 1. The highest BCUT2D eigenvalue weighted by molar-refractivity contribution is 5.94. The maximum atomic E-state index is 12.4. The van der Waals surface area contributed by atoms with E-state index in [1.807, 2.05) is 54.0 Å². The number of nitrogens with one attached hydrogen (secondary N) is 1. The first-order chi connectivity index (χ1) is 10.7. The SMILES string of the molecule is CN(C)CCNC(=O)c1nn(-c2ccccc2)c2c1CCC2. The van der Waals surface area contributed by atoms with Gasteiger partial charge < -0.3 is 10.2 Å². The Kier molecular flexibility index (Phi) is 4.24. The third-order valence-corrected chi connectivity index (χ3v) is 3.99. The van der Waals surface area contributed by atoms with Crippen LogP contribution in [0.25, 0.3) is 5.69 Å². The largest absolute Gasteiger partial charge is 0.349 e. The third-order valence-electron chi connectivity index (χ3n) is 3.99. The van der Waals surface area contributed by atoms with Crippen molar-refractivity contribution in [2.24, 2.45) is 0 Å². The number of carbonyl (C=O) groups excluding carboxylic acids is 1. The molecule has 3 rings (SSSR count). The number of likely N-dealkylation sites (N-methyl/N-ethyl adjacent to an activating group) is 1. The predicted octanol–water partition coefficient (Wildman–Crippen LogP) is 1.65. The molecule has 0 spiro atoms. The van der Waals surface area contributed by atoms with E-state index in [9.17, 15) is 4.79 Å². The summed E-state index contributed by atoms with van der Waals surface area (Å²) in [5.74, 6) is -0.0605. The van der Waals surface area contributed by atoms with Crippen molar-refractivity contribution in [3.8, 4) is 5.69 Å². The number of carbonyl (C=O) groups is 1. The van der Waals surface area contributed by atoms with E-state index in [4.69, 9.17) is 0 Å². The number of amides is 1. The quantitative estimate of drug-likeness (QED) is 0.913. The van der Waals surface area contributed by atoms with E-state index in [-0.39, 0.29) is 5.91 Å². The fraction of sp³-hybridized carbons (Fsp3) is 0.412. The average Bonchev–Trinajstić information content (AvgIpc) is 3.09. The second kappa shape index (κ2) is 6.32. The zero-order chi connectivity index (χ0) is 15.5. The molecule has 0 bridgehead atoms. The van der Waals surface area contributed by atoms with Gasteiger partial charge in [0.25, 0.3) is 5.91 Å². The smallest absolute Gasteiger partial charge is 0.272 e. The van der Waals surface area contributed by atoms with E-state index in [1.54, 1.807) is 0 Å². The van der Waals surface area contributed by atoms with Crippen LogP contribution >= 0.6 is 0 Å². The molecule has 1 aromatic carbocycles. The highest BCUT2D eigenvalue weighted by Gasteiger charge is 2.26. The minimum atomic E-state index is -0.0605. The lowest BCUT2D eigenvalue weighted by Crippen LogP contribution is -2.32. The van der Waals surface area contributed by atoms with Crippen LogP contribution < -0.4 is 5.32 Å². The van der Waals surface area contributed by atoms with Crippen LogP contribution in [0.2, 0.25) is 0 Å². The maximum Gasteiger partial charge on any atom is 0.272 e. The second-order valence-electron chi connectivity index (χ2n) is 5.93. The molecule has 1 amide bonds. The highest BCUT2D eigenvalue weighted by atomic mass is 16.2. The van der Waals surface area contributed by atoms with Crippen LogP contribution in [0.4, 0.5) is 0 Å². The summed E-state index contributed by atoms with van der Waals surface area (Å²) in [6.45, 7) is 1.46. The van der Waals surface area contributed by atoms with Crippen LogP contribution in [0, 0.1) is 0 Å². The lowest BCUT2D eigenvalue weighted by Gasteiger charge is -2.09. The summed E-state index contributed by atoms with van der Waals surface area (Å²) in [5.41, 5.74) is 3.92. The fourth-order valence-electron chi connectivity index (χ4n) is 2.88. The van der Waals surface area contributed by atoms with Crippen molar-refractivity contribution in [1.29, 1.82) is 0 Å². The standard InChI is InChI=1S/C17H22N4O/c1-20(2)12-11-18-17(22)16-14-9-6-10-15(14)21(19-16)13-7-4-3-5-8-13/h3-5,7-8H,6,9-12H2,1-2H3,(H,18,22). The van der Waals surface area contributed by atoms with Crippen molar-refractivity contribution in [3.63, 3.8) is 0 Å². The molecule has 1 aromatic heterocycles. The zero-order valence-corrected chi connectivity index (χ0v) is 13.2. The van der Waals surface area contributed by atoms with E-state index in [1.165, 1.54) is 5.69 Å². The summed E-state index contributed by atoms with van der Waals surface area (Å²) < 4.78 is 1.93. The van der Waals surface area contributed by atoms with E-state index in [2.05, 4.69) is 10.4 Å². The number of rotatable bonds is 5. The van der Waals surface area contributed by atoms with Crippen LogP contribution in [0.15, 0.2) is 30.3 Å². The van der Waals surface area contributed by atoms with Gasteiger partial charge in [-0.15, -0.1) is 0 Å². The van der Waals surface area contributed by atoms with Crippen molar-refractivity contribution < 1.29 is 4.79 Å². The van der Waals surface area contributed by atoms with Crippen LogP contribution in [0.3, 0.4) is 0 Å². The Morgan fingerprint density at radius 2 is 2.05 bits per heavy atom. The van der Waals surface area contributed by atoms with Crippen molar-refractivity contribution in [2.75, 3.05) is 27.2 Å². The average molecular weight is 298 g/mol. The van der Waals surface area contributed by atoms with Crippen LogP contribution in [0.1, 0.15) is 28.2 Å². The summed E-state index contributed by atoms with van der Waals surface area (Å²) in [5, 5.41) is 7.56. The minimum absolute atomic E-state index is 0.0605. The van der Waals surface area contributed by atoms with Gasteiger partial charge in [-0.1, -0.05) is 18.2 Å². The summed E-state index contributed by atoms with van der Waals surface area (Å²) in [6.07, 6.45) is 3.03. The van der Waals surface area contributed by atoms with Crippen molar-refractivity contribution in [1.82, 2.24) is 20.0 Å². The maximum absolute atomic E-state index is 12.4. The molecule has 1 aliphatic carbocycles. The van der Waals surface area contributed by atoms with Crippen LogP contribution in [-0.2, 0) is 12.8 Å². The number of aromatic nitrogens is 2. The topological polar surface area (TPSA) is 50.2 Å². The summed E-state index contributed by atoms with van der Waals surface area (Å²) in [6, 6.07) is 10.0. The molecule has 1 aliphatic rings. The van der Waals surface area contributed by atoms with Crippen LogP contribution in [0.5, 0.6) is 0 Å². The molecule has 5 heteroatoms. The summed E-state index contributed by atoms with van der Waals surface area (Å²) in [7, 11) is 3.99. The van der Waals surface area contributed by atoms with Crippen molar-refractivity contribution >= 4 is 5.91 Å². The van der Waals surface area contributed by atoms with Crippen molar-refractivity contribution in [3.05, 3.63) is 47.3 Å². The minimum Gasteiger partial charge on any atom is -0.349 e. The Labute approximate surface area is 130 Å². The van der Waals surface area contributed by atoms with Gasteiger partial charge in [0.2, 0.25) is 0 Å². The second-order valence-corrected chi connectivity index (χ2v) is 5.93.